The highest BCUT2D eigenvalue weighted by Gasteiger charge is 2.36. The number of nitrogens with zero attached hydrogens (tertiary/aromatic N) is 4. The van der Waals surface area contributed by atoms with Crippen molar-refractivity contribution < 1.29 is 21.6 Å². The number of alkyl halides is 3. The number of imidazole rings is 1. The Balaban J connectivity index is 1.64. The lowest BCUT2D eigenvalue weighted by Crippen LogP contribution is -2.29. The third-order valence-corrected chi connectivity index (χ3v) is 6.78. The lowest BCUT2D eigenvalue weighted by Gasteiger charge is -2.19. The Kier molecular flexibility index (Phi) is 4.42. The first kappa shape index (κ1) is 18.9. The smallest absolute Gasteiger partial charge is 0.308 e. The van der Waals surface area contributed by atoms with Gasteiger partial charge in [-0.1, -0.05) is 6.07 Å². The minimum Gasteiger partial charge on any atom is -0.308 e. The summed E-state index contributed by atoms with van der Waals surface area (Å²) < 4.78 is 67.8. The average Bonchev–Trinajstić information content (AvgIpc) is 3.25. The predicted molar refractivity (Wildman–Crippen MR) is 96.1 cm³/mol. The summed E-state index contributed by atoms with van der Waals surface area (Å²) in [5.74, 6) is 0.719. The molecular formula is C18H17F3N4O2S. The molecule has 0 amide bonds. The molecule has 1 atom stereocenters. The molecule has 0 N–H and O–H groups in total. The van der Waals surface area contributed by atoms with E-state index < -0.39 is 21.8 Å². The summed E-state index contributed by atoms with van der Waals surface area (Å²) in [4.78, 5) is 8.43. The van der Waals surface area contributed by atoms with E-state index in [-0.39, 0.29) is 24.0 Å². The maximum absolute atomic E-state index is 12.9. The van der Waals surface area contributed by atoms with Gasteiger partial charge in [0.2, 0.25) is 10.0 Å². The number of halogens is 3. The van der Waals surface area contributed by atoms with Gasteiger partial charge in [0.1, 0.15) is 11.3 Å². The lowest BCUT2D eigenvalue weighted by molar-refractivity contribution is -0.137. The van der Waals surface area contributed by atoms with Crippen molar-refractivity contribution in [3.05, 3.63) is 54.0 Å². The Labute approximate surface area is 159 Å². The van der Waals surface area contributed by atoms with Crippen LogP contribution >= 0.6 is 0 Å². The van der Waals surface area contributed by atoms with Crippen molar-refractivity contribution in [2.24, 2.45) is 0 Å². The van der Waals surface area contributed by atoms with Crippen LogP contribution in [0.25, 0.3) is 11.2 Å². The topological polar surface area (TPSA) is 68.1 Å². The van der Waals surface area contributed by atoms with Crippen molar-refractivity contribution in [3.63, 3.8) is 0 Å². The number of sulfonamides is 1. The van der Waals surface area contributed by atoms with Crippen molar-refractivity contribution >= 4 is 21.2 Å². The number of hydrogen-bond donors (Lipinski definition) is 0. The second-order valence-corrected chi connectivity index (χ2v) is 8.64. The van der Waals surface area contributed by atoms with Crippen LogP contribution in [-0.2, 0) is 16.2 Å². The molecule has 6 nitrogen and oxygen atoms in total. The molecule has 0 radical (unpaired) electrons. The van der Waals surface area contributed by atoms with Crippen molar-refractivity contribution in [2.45, 2.75) is 30.5 Å². The molecule has 0 saturated carbocycles. The fourth-order valence-corrected chi connectivity index (χ4v) is 5.14. The Bertz CT molecular complexity index is 1140. The molecule has 0 aliphatic carbocycles. The zero-order valence-corrected chi connectivity index (χ0v) is 15.7. The zero-order valence-electron chi connectivity index (χ0n) is 14.9. The second-order valence-electron chi connectivity index (χ2n) is 6.71. The van der Waals surface area contributed by atoms with Crippen LogP contribution in [0.5, 0.6) is 0 Å². The molecule has 2 aromatic heterocycles. The highest BCUT2D eigenvalue weighted by Crippen LogP contribution is 2.33. The van der Waals surface area contributed by atoms with E-state index in [1.54, 1.807) is 12.3 Å². The van der Waals surface area contributed by atoms with Crippen molar-refractivity contribution in [1.29, 1.82) is 0 Å². The third-order valence-electron chi connectivity index (χ3n) is 4.92. The first-order valence-corrected chi connectivity index (χ1v) is 10.1. The molecule has 0 bridgehead atoms. The Hall–Kier alpha value is -2.46. The van der Waals surface area contributed by atoms with Crippen molar-refractivity contribution in [2.75, 3.05) is 13.1 Å². The molecule has 1 aromatic carbocycles. The number of rotatable bonds is 3. The Morgan fingerprint density at radius 3 is 2.71 bits per heavy atom. The van der Waals surface area contributed by atoms with Gasteiger partial charge >= 0.3 is 6.18 Å². The zero-order chi connectivity index (χ0) is 20.1. The molecule has 1 fully saturated rings. The van der Waals surface area contributed by atoms with E-state index in [1.807, 2.05) is 17.6 Å². The van der Waals surface area contributed by atoms with E-state index in [0.717, 1.165) is 23.5 Å². The quantitative estimate of drug-likeness (QED) is 0.664. The molecule has 148 valence electrons. The summed E-state index contributed by atoms with van der Waals surface area (Å²) in [5.41, 5.74) is 0.410. The van der Waals surface area contributed by atoms with Crippen LogP contribution in [0.3, 0.4) is 0 Å². The van der Waals surface area contributed by atoms with Gasteiger partial charge in [0, 0.05) is 19.3 Å². The van der Waals surface area contributed by atoms with E-state index in [1.165, 1.54) is 10.4 Å². The first-order chi connectivity index (χ1) is 13.2. The molecule has 4 rings (SSSR count). The van der Waals surface area contributed by atoms with E-state index in [4.69, 9.17) is 0 Å². The minimum atomic E-state index is -4.60. The summed E-state index contributed by atoms with van der Waals surface area (Å²) in [6, 6.07) is 7.27. The van der Waals surface area contributed by atoms with Crippen LogP contribution < -0.4 is 0 Å². The molecular weight excluding hydrogens is 393 g/mol. The van der Waals surface area contributed by atoms with E-state index in [0.29, 0.717) is 18.1 Å². The molecule has 3 aromatic rings. The monoisotopic (exact) mass is 410 g/mol. The average molecular weight is 410 g/mol. The van der Waals surface area contributed by atoms with Gasteiger partial charge in [-0.2, -0.15) is 17.5 Å². The molecule has 0 spiro atoms. The number of fused-ring (bicyclic) bond motifs is 1. The summed E-state index contributed by atoms with van der Waals surface area (Å²) in [6.45, 7) is 2.20. The summed E-state index contributed by atoms with van der Waals surface area (Å²) in [6.07, 6.45) is -2.43. The summed E-state index contributed by atoms with van der Waals surface area (Å²) in [5, 5.41) is 0. The number of benzene rings is 1. The van der Waals surface area contributed by atoms with Gasteiger partial charge in [0.25, 0.3) is 0 Å². The summed E-state index contributed by atoms with van der Waals surface area (Å²) >= 11 is 0. The highest BCUT2D eigenvalue weighted by molar-refractivity contribution is 7.89. The lowest BCUT2D eigenvalue weighted by atomic mass is 10.2. The summed E-state index contributed by atoms with van der Waals surface area (Å²) in [7, 11) is -4.03. The highest BCUT2D eigenvalue weighted by atomic mass is 32.2. The van der Waals surface area contributed by atoms with Gasteiger partial charge in [-0.05, 0) is 43.7 Å². The van der Waals surface area contributed by atoms with Crippen LogP contribution in [0.4, 0.5) is 13.2 Å². The van der Waals surface area contributed by atoms with Crippen LogP contribution in [-0.4, -0.2) is 40.3 Å². The fraction of sp³-hybridized carbons (Fsp3) is 0.333. The number of aromatic nitrogens is 3. The maximum atomic E-state index is 12.9. The van der Waals surface area contributed by atoms with E-state index in [2.05, 4.69) is 9.97 Å². The van der Waals surface area contributed by atoms with Crippen LogP contribution in [0.1, 0.15) is 23.9 Å². The van der Waals surface area contributed by atoms with Crippen LogP contribution in [0.15, 0.2) is 47.5 Å². The molecule has 3 heterocycles. The normalized spacial score (nSPS) is 18.8. The molecule has 1 saturated heterocycles. The van der Waals surface area contributed by atoms with Gasteiger partial charge < -0.3 is 4.57 Å². The van der Waals surface area contributed by atoms with E-state index in [9.17, 15) is 21.6 Å². The Morgan fingerprint density at radius 2 is 1.96 bits per heavy atom. The number of aryl methyl sites for hydroxylation is 1. The fourth-order valence-electron chi connectivity index (χ4n) is 3.60. The number of hydrogen-bond acceptors (Lipinski definition) is 4. The van der Waals surface area contributed by atoms with Gasteiger partial charge in [-0.15, -0.1) is 0 Å². The van der Waals surface area contributed by atoms with Crippen molar-refractivity contribution in [3.8, 4) is 0 Å². The SMILES string of the molecule is Cc1nc2cccnc2n1[C@H]1CCN(S(=O)(=O)c2cccc(C(F)(F)F)c2)C1. The van der Waals surface area contributed by atoms with Gasteiger partial charge in [0.15, 0.2) is 5.65 Å². The predicted octanol–water partition coefficient (Wildman–Crippen LogP) is 3.39. The number of pyridine rings is 1. The molecule has 1 aliphatic rings. The first-order valence-electron chi connectivity index (χ1n) is 8.65. The van der Waals surface area contributed by atoms with E-state index >= 15 is 0 Å². The Morgan fingerprint density at radius 1 is 1.18 bits per heavy atom. The molecule has 10 heteroatoms. The molecule has 0 unspecified atom stereocenters. The standard InChI is InChI=1S/C18H17F3N4O2S/c1-12-23-16-6-3-8-22-17(16)25(12)14-7-9-24(11-14)28(26,27)15-5-2-4-13(10-15)18(19,20)21/h2-6,8,10,14H,7,9,11H2,1H3/t14-/m0/s1. The largest absolute Gasteiger partial charge is 0.416 e. The minimum absolute atomic E-state index is 0.154. The van der Waals surface area contributed by atoms with Gasteiger partial charge in [0.05, 0.1) is 16.5 Å². The van der Waals surface area contributed by atoms with Crippen molar-refractivity contribution in [1.82, 2.24) is 18.8 Å². The third kappa shape index (κ3) is 3.16. The second kappa shape index (κ2) is 6.56. The maximum Gasteiger partial charge on any atom is 0.416 e. The van der Waals surface area contributed by atoms with Crippen LogP contribution in [0, 0.1) is 6.92 Å². The molecule has 28 heavy (non-hydrogen) atoms. The molecule has 1 aliphatic heterocycles. The van der Waals surface area contributed by atoms with Crippen LogP contribution in [0.2, 0.25) is 0 Å². The van der Waals surface area contributed by atoms with Gasteiger partial charge in [-0.25, -0.2) is 18.4 Å². The van der Waals surface area contributed by atoms with Gasteiger partial charge in [-0.3, -0.25) is 0 Å².